The minimum atomic E-state index is 0.0136. The zero-order chi connectivity index (χ0) is 24.2. The highest BCUT2D eigenvalue weighted by Gasteiger charge is 2.29. The van der Waals surface area contributed by atoms with Crippen LogP contribution in [-0.2, 0) is 4.74 Å². The highest BCUT2D eigenvalue weighted by atomic mass is 16.5. The summed E-state index contributed by atoms with van der Waals surface area (Å²) in [5, 5.41) is 0. The van der Waals surface area contributed by atoms with Crippen molar-refractivity contribution >= 4 is 17.7 Å². The summed E-state index contributed by atoms with van der Waals surface area (Å²) in [6, 6.07) is 11.5. The van der Waals surface area contributed by atoms with Crippen LogP contribution in [0.3, 0.4) is 0 Å². The monoisotopic (exact) mass is 474 g/mol. The lowest BCUT2D eigenvalue weighted by Gasteiger charge is -2.33. The van der Waals surface area contributed by atoms with Gasteiger partial charge in [-0.2, -0.15) is 0 Å². The second-order valence-corrected chi connectivity index (χ2v) is 8.85. The number of carbonyl (C=O) groups is 1. The topological polar surface area (TPSA) is 107 Å². The summed E-state index contributed by atoms with van der Waals surface area (Å²) in [4.78, 5) is 30.9. The van der Waals surface area contributed by atoms with E-state index >= 15 is 0 Å². The Labute approximate surface area is 204 Å². The summed E-state index contributed by atoms with van der Waals surface area (Å²) < 4.78 is 10.7. The van der Waals surface area contributed by atoms with Crippen molar-refractivity contribution in [3.63, 3.8) is 0 Å². The molecule has 3 aromatic rings. The summed E-state index contributed by atoms with van der Waals surface area (Å²) in [5.74, 6) is 1.92. The number of hydrogen-bond acceptors (Lipinski definition) is 8. The number of benzene rings is 1. The molecule has 9 nitrogen and oxygen atoms in total. The average Bonchev–Trinajstić information content (AvgIpc) is 2.93. The Hall–Kier alpha value is -3.72. The average molecular weight is 475 g/mol. The van der Waals surface area contributed by atoms with E-state index in [0.29, 0.717) is 31.9 Å². The Bertz CT molecular complexity index is 1180. The van der Waals surface area contributed by atoms with Crippen molar-refractivity contribution in [3.8, 4) is 16.9 Å². The second kappa shape index (κ2) is 10.3. The molecule has 5 rings (SSSR count). The van der Waals surface area contributed by atoms with Gasteiger partial charge < -0.3 is 25.0 Å². The zero-order valence-corrected chi connectivity index (χ0v) is 19.9. The normalized spacial score (nSPS) is 18.4. The molecule has 0 aliphatic carbocycles. The van der Waals surface area contributed by atoms with Crippen molar-refractivity contribution in [2.75, 3.05) is 57.1 Å². The van der Waals surface area contributed by atoms with E-state index in [4.69, 9.17) is 15.2 Å². The summed E-state index contributed by atoms with van der Waals surface area (Å²) >= 11 is 0. The maximum atomic E-state index is 13.5. The fourth-order valence-corrected chi connectivity index (χ4v) is 4.80. The predicted molar refractivity (Wildman–Crippen MR) is 134 cm³/mol. The molecule has 9 heteroatoms. The molecule has 2 saturated heterocycles. The number of nitrogens with two attached hydrogens (primary N) is 1. The number of hydrogen-bond donors (Lipinski definition) is 1. The Morgan fingerprint density at radius 2 is 1.91 bits per heavy atom. The van der Waals surface area contributed by atoms with E-state index in [2.05, 4.69) is 19.9 Å². The lowest BCUT2D eigenvalue weighted by atomic mass is 9.89. The van der Waals surface area contributed by atoms with Crippen LogP contribution in [0.15, 0.2) is 48.8 Å². The van der Waals surface area contributed by atoms with E-state index in [1.807, 2.05) is 35.2 Å². The van der Waals surface area contributed by atoms with Gasteiger partial charge in [0.2, 0.25) is 5.95 Å². The molecule has 0 radical (unpaired) electrons. The minimum absolute atomic E-state index is 0.0136. The molecule has 35 heavy (non-hydrogen) atoms. The van der Waals surface area contributed by atoms with Crippen LogP contribution in [0, 0.1) is 0 Å². The molecule has 2 N–H and O–H groups in total. The molecule has 4 heterocycles. The first kappa shape index (κ1) is 23.0. The van der Waals surface area contributed by atoms with Crippen LogP contribution >= 0.6 is 0 Å². The van der Waals surface area contributed by atoms with Gasteiger partial charge in [0, 0.05) is 55.6 Å². The van der Waals surface area contributed by atoms with Crippen molar-refractivity contribution < 1.29 is 14.3 Å². The lowest BCUT2D eigenvalue weighted by molar-refractivity contribution is 0.0706. The molecule has 2 aliphatic heterocycles. The molecule has 2 aliphatic rings. The van der Waals surface area contributed by atoms with Gasteiger partial charge in [0.25, 0.3) is 5.91 Å². The third-order valence-electron chi connectivity index (χ3n) is 6.66. The molecule has 2 aromatic heterocycles. The van der Waals surface area contributed by atoms with Crippen molar-refractivity contribution in [1.29, 1.82) is 0 Å². The molecule has 0 spiro atoms. The van der Waals surface area contributed by atoms with Crippen molar-refractivity contribution in [1.82, 2.24) is 19.9 Å². The number of nitrogen functional groups attached to an aromatic ring is 1. The Balaban J connectivity index is 1.38. The van der Waals surface area contributed by atoms with Crippen LogP contribution in [0.2, 0.25) is 0 Å². The van der Waals surface area contributed by atoms with Crippen LogP contribution in [-0.4, -0.2) is 72.3 Å². The van der Waals surface area contributed by atoms with Gasteiger partial charge in [-0.3, -0.25) is 4.79 Å². The third-order valence-corrected chi connectivity index (χ3v) is 6.66. The van der Waals surface area contributed by atoms with Crippen molar-refractivity contribution in [2.24, 2.45) is 0 Å². The number of aromatic nitrogens is 3. The molecule has 0 unspecified atom stereocenters. The molecule has 182 valence electrons. The maximum absolute atomic E-state index is 13.5. The van der Waals surface area contributed by atoms with Crippen LogP contribution in [0.25, 0.3) is 11.1 Å². The Kier molecular flexibility index (Phi) is 6.76. The number of nitrogens with zero attached hydrogens (tertiary/aromatic N) is 5. The molecule has 0 saturated carbocycles. The van der Waals surface area contributed by atoms with Gasteiger partial charge in [0.15, 0.2) is 0 Å². The van der Waals surface area contributed by atoms with Crippen LogP contribution in [0.4, 0.5) is 11.8 Å². The zero-order valence-electron chi connectivity index (χ0n) is 19.9. The van der Waals surface area contributed by atoms with Crippen LogP contribution in [0.1, 0.15) is 34.8 Å². The quantitative estimate of drug-likeness (QED) is 0.602. The van der Waals surface area contributed by atoms with Gasteiger partial charge in [0.05, 0.1) is 26.0 Å². The smallest absolute Gasteiger partial charge is 0.254 e. The predicted octanol–water partition coefficient (Wildman–Crippen LogP) is 2.99. The fourth-order valence-electron chi connectivity index (χ4n) is 4.80. The van der Waals surface area contributed by atoms with E-state index in [-0.39, 0.29) is 17.8 Å². The number of piperidine rings is 1. The van der Waals surface area contributed by atoms with Gasteiger partial charge in [-0.05, 0) is 42.7 Å². The SMILES string of the molecule is COc1ccc(-c2cnc(N)nc2[C@H]2CCCN(C(=O)c3ccnc(N4CCOCC4)c3)C2)cc1. The number of pyridine rings is 1. The summed E-state index contributed by atoms with van der Waals surface area (Å²) in [6.07, 6.45) is 5.31. The third kappa shape index (κ3) is 5.05. The maximum Gasteiger partial charge on any atom is 0.254 e. The van der Waals surface area contributed by atoms with E-state index < -0.39 is 0 Å². The molecular weight excluding hydrogens is 444 g/mol. The minimum Gasteiger partial charge on any atom is -0.497 e. The number of likely N-dealkylation sites (tertiary alicyclic amines) is 1. The fraction of sp³-hybridized carbons (Fsp3) is 0.385. The molecular formula is C26H30N6O3. The van der Waals surface area contributed by atoms with Gasteiger partial charge >= 0.3 is 0 Å². The van der Waals surface area contributed by atoms with Gasteiger partial charge in [-0.1, -0.05) is 12.1 Å². The van der Waals surface area contributed by atoms with Gasteiger partial charge in [-0.25, -0.2) is 15.0 Å². The first-order valence-corrected chi connectivity index (χ1v) is 12.0. The second-order valence-electron chi connectivity index (χ2n) is 8.85. The number of ether oxygens (including phenoxy) is 2. The first-order chi connectivity index (χ1) is 17.1. The van der Waals surface area contributed by atoms with Crippen LogP contribution in [0.5, 0.6) is 5.75 Å². The van der Waals surface area contributed by atoms with E-state index in [0.717, 1.165) is 54.3 Å². The van der Waals surface area contributed by atoms with Crippen LogP contribution < -0.4 is 15.4 Å². The van der Waals surface area contributed by atoms with E-state index in [1.54, 1.807) is 25.6 Å². The Morgan fingerprint density at radius 3 is 2.69 bits per heavy atom. The van der Waals surface area contributed by atoms with Crippen molar-refractivity contribution in [3.05, 3.63) is 60.0 Å². The number of anilines is 2. The molecule has 1 aromatic carbocycles. The Morgan fingerprint density at radius 1 is 1.11 bits per heavy atom. The first-order valence-electron chi connectivity index (χ1n) is 12.0. The molecule has 1 atom stereocenters. The van der Waals surface area contributed by atoms with E-state index in [9.17, 15) is 4.79 Å². The standard InChI is InChI=1S/C26H30N6O3/c1-34-21-6-4-18(5-7-21)22-16-29-26(27)30-24(22)20-3-2-10-32(17-20)25(33)19-8-9-28-23(15-19)31-11-13-35-14-12-31/h4-9,15-16,20H,2-3,10-14,17H2,1H3,(H2,27,29,30)/t20-/m0/s1. The largest absolute Gasteiger partial charge is 0.497 e. The summed E-state index contributed by atoms with van der Waals surface area (Å²) in [7, 11) is 1.65. The summed E-state index contributed by atoms with van der Waals surface area (Å²) in [5.41, 5.74) is 9.44. The summed E-state index contributed by atoms with van der Waals surface area (Å²) in [6.45, 7) is 4.19. The highest BCUT2D eigenvalue weighted by molar-refractivity contribution is 5.95. The number of carbonyl (C=O) groups excluding carboxylic acids is 1. The molecule has 2 fully saturated rings. The highest BCUT2D eigenvalue weighted by Crippen LogP contribution is 2.34. The van der Waals surface area contributed by atoms with E-state index in [1.165, 1.54) is 0 Å². The van der Waals surface area contributed by atoms with Crippen molar-refractivity contribution in [2.45, 2.75) is 18.8 Å². The lowest BCUT2D eigenvalue weighted by Crippen LogP contribution is -2.40. The van der Waals surface area contributed by atoms with Gasteiger partial charge in [0.1, 0.15) is 11.6 Å². The molecule has 1 amide bonds. The number of amides is 1. The number of rotatable bonds is 5. The number of methoxy groups -OCH3 is 1. The number of morpholine rings is 1. The molecule has 0 bridgehead atoms. The van der Waals surface area contributed by atoms with Gasteiger partial charge in [-0.15, -0.1) is 0 Å².